The fraction of sp³-hybridized carbons (Fsp3) is 0.478. The van der Waals surface area contributed by atoms with Crippen molar-refractivity contribution in [1.29, 1.82) is 0 Å². The third kappa shape index (κ3) is 5.05. The molecule has 1 aromatic heterocycles. The number of nitrogens with zero attached hydrogens (tertiary/aromatic N) is 3. The summed E-state index contributed by atoms with van der Waals surface area (Å²) in [4.78, 5) is 21.7. The second-order valence-electron chi connectivity index (χ2n) is 9.84. The Bertz CT molecular complexity index is 1200. The second-order valence-corrected chi connectivity index (χ2v) is 11.9. The van der Waals surface area contributed by atoms with E-state index in [4.69, 9.17) is 17.3 Å². The summed E-state index contributed by atoms with van der Waals surface area (Å²) in [7, 11) is -3.78. The maximum Gasteiger partial charge on any atom is 0.255 e. The lowest BCUT2D eigenvalue weighted by molar-refractivity contribution is 0.0717. The smallest absolute Gasteiger partial charge is 0.255 e. The van der Waals surface area contributed by atoms with E-state index in [2.05, 4.69) is 14.6 Å². The number of piperazine rings is 1. The number of hydrogen-bond acceptors (Lipinski definition) is 6. The van der Waals surface area contributed by atoms with Gasteiger partial charge in [-0.25, -0.2) is 22.5 Å². The van der Waals surface area contributed by atoms with Crippen molar-refractivity contribution < 1.29 is 17.6 Å². The molecule has 0 aliphatic carbocycles. The third-order valence-corrected chi connectivity index (χ3v) is 8.04. The fourth-order valence-corrected chi connectivity index (χ4v) is 6.40. The number of nitrogens with two attached hydrogens (primary N) is 1. The SMILES string of the molecule is CC(C)(C)NS(=O)(=O)c1cc(CN)nc(N2C3CCC2CN(C(=O)c2ccc(F)cc2Cl)C3)c1. The van der Waals surface area contributed by atoms with Crippen LogP contribution in [0.4, 0.5) is 10.2 Å². The lowest BCUT2D eigenvalue weighted by atomic mass is 10.1. The number of rotatable bonds is 5. The highest BCUT2D eigenvalue weighted by molar-refractivity contribution is 7.89. The van der Waals surface area contributed by atoms with Gasteiger partial charge in [-0.2, -0.15) is 0 Å². The summed E-state index contributed by atoms with van der Waals surface area (Å²) >= 11 is 6.11. The summed E-state index contributed by atoms with van der Waals surface area (Å²) in [6.07, 6.45) is 1.67. The van der Waals surface area contributed by atoms with Gasteiger partial charge in [-0.3, -0.25) is 4.79 Å². The lowest BCUT2D eigenvalue weighted by Crippen LogP contribution is -2.55. The highest BCUT2D eigenvalue weighted by atomic mass is 35.5. The van der Waals surface area contributed by atoms with Crippen LogP contribution in [-0.4, -0.2) is 54.9 Å². The first-order valence-corrected chi connectivity index (χ1v) is 13.0. The van der Waals surface area contributed by atoms with Crippen LogP contribution in [0, 0.1) is 5.82 Å². The number of likely N-dealkylation sites (tertiary alicyclic amines) is 1. The average molecular weight is 510 g/mol. The molecule has 2 saturated heterocycles. The van der Waals surface area contributed by atoms with E-state index in [1.807, 2.05) is 0 Å². The molecule has 11 heteroatoms. The molecule has 2 aliphatic heterocycles. The number of benzene rings is 1. The zero-order chi connectivity index (χ0) is 24.8. The molecular formula is C23H29ClFN5O3S. The molecule has 2 unspecified atom stereocenters. The van der Waals surface area contributed by atoms with Crippen LogP contribution in [0.5, 0.6) is 0 Å². The fourth-order valence-electron chi connectivity index (χ4n) is 4.67. The molecule has 34 heavy (non-hydrogen) atoms. The Morgan fingerprint density at radius 2 is 1.85 bits per heavy atom. The quantitative estimate of drug-likeness (QED) is 0.641. The molecule has 1 aromatic carbocycles. The molecule has 2 aromatic rings. The van der Waals surface area contributed by atoms with Crippen LogP contribution in [0.25, 0.3) is 0 Å². The molecule has 2 bridgehead atoms. The largest absolute Gasteiger partial charge is 0.347 e. The summed E-state index contributed by atoms with van der Waals surface area (Å²) < 4.78 is 42.1. The van der Waals surface area contributed by atoms with Gasteiger partial charge >= 0.3 is 0 Å². The number of amides is 1. The molecule has 4 rings (SSSR count). The Morgan fingerprint density at radius 1 is 1.21 bits per heavy atom. The number of nitrogens with one attached hydrogen (secondary N) is 1. The van der Waals surface area contributed by atoms with E-state index in [1.165, 1.54) is 18.2 Å². The number of sulfonamides is 1. The average Bonchev–Trinajstić information content (AvgIpc) is 3.00. The summed E-state index contributed by atoms with van der Waals surface area (Å²) in [6, 6.07) is 6.76. The number of fused-ring (bicyclic) bond motifs is 2. The lowest BCUT2D eigenvalue weighted by Gasteiger charge is -2.42. The predicted molar refractivity (Wildman–Crippen MR) is 129 cm³/mol. The first-order chi connectivity index (χ1) is 15.9. The van der Waals surface area contributed by atoms with Crippen LogP contribution in [0.3, 0.4) is 0 Å². The van der Waals surface area contributed by atoms with Crippen LogP contribution < -0.4 is 15.4 Å². The van der Waals surface area contributed by atoms with Gasteiger partial charge in [0.1, 0.15) is 11.6 Å². The second kappa shape index (κ2) is 9.07. The number of anilines is 1. The van der Waals surface area contributed by atoms with Gasteiger partial charge < -0.3 is 15.5 Å². The summed E-state index contributed by atoms with van der Waals surface area (Å²) in [5.74, 6) is -0.205. The number of aromatic nitrogens is 1. The molecule has 0 radical (unpaired) electrons. The molecule has 3 heterocycles. The van der Waals surface area contributed by atoms with Crippen LogP contribution in [0.2, 0.25) is 5.02 Å². The van der Waals surface area contributed by atoms with Gasteiger partial charge in [0.2, 0.25) is 10.0 Å². The van der Waals surface area contributed by atoms with Gasteiger partial charge in [-0.1, -0.05) is 11.6 Å². The van der Waals surface area contributed by atoms with Crippen molar-refractivity contribution in [2.75, 3.05) is 18.0 Å². The zero-order valence-corrected chi connectivity index (χ0v) is 21.0. The van der Waals surface area contributed by atoms with E-state index in [-0.39, 0.29) is 40.0 Å². The van der Waals surface area contributed by atoms with Crippen molar-refractivity contribution in [2.24, 2.45) is 5.73 Å². The van der Waals surface area contributed by atoms with Crippen LogP contribution in [0.1, 0.15) is 49.7 Å². The topological polar surface area (TPSA) is 109 Å². The molecule has 8 nitrogen and oxygen atoms in total. The van der Waals surface area contributed by atoms with E-state index in [0.29, 0.717) is 24.6 Å². The van der Waals surface area contributed by atoms with Crippen molar-refractivity contribution in [2.45, 2.75) is 62.7 Å². The zero-order valence-electron chi connectivity index (χ0n) is 19.4. The summed E-state index contributed by atoms with van der Waals surface area (Å²) in [5, 5.41) is 0.0817. The van der Waals surface area contributed by atoms with Crippen molar-refractivity contribution in [3.63, 3.8) is 0 Å². The molecule has 2 aliphatic rings. The van der Waals surface area contributed by atoms with Gasteiger partial charge in [0.05, 0.1) is 21.2 Å². The molecular weight excluding hydrogens is 481 g/mol. The molecule has 3 N–H and O–H groups in total. The number of carbonyl (C=O) groups is 1. The van der Waals surface area contributed by atoms with Crippen LogP contribution in [0.15, 0.2) is 35.2 Å². The maximum atomic E-state index is 13.4. The van der Waals surface area contributed by atoms with E-state index in [0.717, 1.165) is 18.9 Å². The molecule has 184 valence electrons. The molecule has 1 amide bonds. The maximum absolute atomic E-state index is 13.4. The van der Waals surface area contributed by atoms with Gasteiger partial charge in [-0.15, -0.1) is 0 Å². The van der Waals surface area contributed by atoms with Crippen molar-refractivity contribution in [1.82, 2.24) is 14.6 Å². The first kappa shape index (κ1) is 24.8. The highest BCUT2D eigenvalue weighted by Crippen LogP contribution is 2.36. The van der Waals surface area contributed by atoms with Gasteiger partial charge in [0.15, 0.2) is 0 Å². The summed E-state index contributed by atoms with van der Waals surface area (Å²) in [5.41, 5.74) is 5.93. The van der Waals surface area contributed by atoms with E-state index < -0.39 is 21.4 Å². The Hall–Kier alpha value is -2.27. The highest BCUT2D eigenvalue weighted by Gasteiger charge is 2.43. The molecule has 0 saturated carbocycles. The Kier molecular flexibility index (Phi) is 6.63. The predicted octanol–water partition coefficient (Wildman–Crippen LogP) is 2.90. The Labute approximate surface area is 204 Å². The van der Waals surface area contributed by atoms with Gasteiger partial charge in [-0.05, 0) is 57.9 Å². The van der Waals surface area contributed by atoms with E-state index >= 15 is 0 Å². The normalized spacial score (nSPS) is 20.6. The van der Waals surface area contributed by atoms with Crippen molar-refractivity contribution in [3.8, 4) is 0 Å². The minimum Gasteiger partial charge on any atom is -0.347 e. The third-order valence-electron chi connectivity index (χ3n) is 5.99. The van der Waals surface area contributed by atoms with Crippen molar-refractivity contribution in [3.05, 3.63) is 52.4 Å². The number of hydrogen-bond donors (Lipinski definition) is 2. The number of pyridine rings is 1. The van der Waals surface area contributed by atoms with Gasteiger partial charge in [0, 0.05) is 43.3 Å². The van der Waals surface area contributed by atoms with E-state index in [1.54, 1.807) is 31.7 Å². The standard InChI is InChI=1S/C23H29ClFN5O3S/c1-23(2,3)28-34(32,33)18-9-15(11-26)27-21(10-18)30-16-5-6-17(30)13-29(12-16)22(31)19-7-4-14(25)8-20(19)24/h4,7-10,16-17,28H,5-6,11-13,26H2,1-3H3. The minimum atomic E-state index is -3.78. The Morgan fingerprint density at radius 3 is 2.41 bits per heavy atom. The Balaban J connectivity index is 1.61. The molecule has 2 fully saturated rings. The van der Waals surface area contributed by atoms with Crippen LogP contribution >= 0.6 is 11.6 Å². The number of halogens is 2. The summed E-state index contributed by atoms with van der Waals surface area (Å²) in [6.45, 7) is 6.30. The van der Waals surface area contributed by atoms with Gasteiger partial charge in [0.25, 0.3) is 5.91 Å². The first-order valence-electron chi connectivity index (χ1n) is 11.2. The van der Waals surface area contributed by atoms with Crippen molar-refractivity contribution >= 4 is 33.3 Å². The van der Waals surface area contributed by atoms with Crippen LogP contribution in [-0.2, 0) is 16.6 Å². The monoisotopic (exact) mass is 509 g/mol. The molecule has 2 atom stereocenters. The van der Waals surface area contributed by atoms with E-state index in [9.17, 15) is 17.6 Å². The number of carbonyl (C=O) groups excluding carboxylic acids is 1. The minimum absolute atomic E-state index is 0.0337. The molecule has 0 spiro atoms.